The van der Waals surface area contributed by atoms with Gasteiger partial charge in [0.25, 0.3) is 0 Å². The van der Waals surface area contributed by atoms with Crippen LogP contribution in [0.25, 0.3) is 0 Å². The summed E-state index contributed by atoms with van der Waals surface area (Å²) in [5.41, 5.74) is 6.13. The van der Waals surface area contributed by atoms with Gasteiger partial charge in [-0.3, -0.25) is 0 Å². The summed E-state index contributed by atoms with van der Waals surface area (Å²) >= 11 is 0.862. The van der Waals surface area contributed by atoms with Crippen molar-refractivity contribution in [1.82, 2.24) is 9.36 Å². The number of nitrogen functional groups attached to an aromatic ring is 1. The van der Waals surface area contributed by atoms with E-state index in [-0.39, 0.29) is 40.5 Å². The van der Waals surface area contributed by atoms with Crippen LogP contribution >= 0.6 is 11.5 Å². The topological polar surface area (TPSA) is 114 Å². The van der Waals surface area contributed by atoms with Gasteiger partial charge >= 0.3 is 29.6 Å². The van der Waals surface area contributed by atoms with Crippen LogP contribution in [0.2, 0.25) is 0 Å². The molecule has 9 heteroatoms. The number of carboxylic acids is 1. The third-order valence-corrected chi connectivity index (χ3v) is 5.20. The summed E-state index contributed by atoms with van der Waals surface area (Å²) in [7, 11) is 0. The maximum atomic E-state index is 11.8. The number of aromatic nitrogens is 2. The Kier molecular flexibility index (Phi) is 7.76. The maximum absolute atomic E-state index is 11.8. The van der Waals surface area contributed by atoms with Crippen LogP contribution in [0, 0.1) is 0 Å². The van der Waals surface area contributed by atoms with E-state index in [1.165, 1.54) is 0 Å². The summed E-state index contributed by atoms with van der Waals surface area (Å²) < 4.78 is 3.93. The Hall–Kier alpha value is -3.04. The second kappa shape index (κ2) is 10.5. The Morgan fingerprint density at radius 1 is 0.875 bits per heavy atom. The first kappa shape index (κ1) is 23.6. The molecule has 0 saturated carbocycles. The minimum absolute atomic E-state index is 0. The summed E-state index contributed by atoms with van der Waals surface area (Å²) in [4.78, 5) is 21.8. The predicted molar refractivity (Wildman–Crippen MR) is 116 cm³/mol. The van der Waals surface area contributed by atoms with Crippen molar-refractivity contribution in [3.8, 4) is 0 Å². The van der Waals surface area contributed by atoms with E-state index in [2.05, 4.69) is 14.5 Å². The second-order valence-electron chi connectivity index (χ2n) is 6.55. The smallest absolute Gasteiger partial charge is 0.543 e. The van der Waals surface area contributed by atoms with Crippen molar-refractivity contribution in [2.45, 2.75) is 5.60 Å². The van der Waals surface area contributed by atoms with E-state index < -0.39 is 17.3 Å². The van der Waals surface area contributed by atoms with Crippen LogP contribution in [0.3, 0.4) is 0 Å². The molecule has 3 aromatic carbocycles. The molecule has 0 saturated heterocycles. The second-order valence-corrected chi connectivity index (χ2v) is 7.34. The third kappa shape index (κ3) is 4.73. The number of carbonyl (C=O) groups is 1. The molecular formula is C23H17N4NaO3S. The first-order valence-electron chi connectivity index (χ1n) is 9.35. The first-order chi connectivity index (χ1) is 15.1. The van der Waals surface area contributed by atoms with Crippen LogP contribution in [-0.2, 0) is 15.2 Å². The number of anilines is 1. The molecule has 32 heavy (non-hydrogen) atoms. The van der Waals surface area contributed by atoms with Crippen molar-refractivity contribution in [3.05, 3.63) is 114 Å². The monoisotopic (exact) mass is 452 g/mol. The zero-order valence-electron chi connectivity index (χ0n) is 17.2. The molecule has 0 spiro atoms. The molecule has 0 aliphatic heterocycles. The minimum atomic E-state index is -1.57. The first-order valence-corrected chi connectivity index (χ1v) is 10.1. The Labute approximate surface area is 211 Å². The van der Waals surface area contributed by atoms with Gasteiger partial charge in [-0.1, -0.05) is 96.2 Å². The molecule has 2 N–H and O–H groups in total. The molecule has 1 heterocycles. The molecule has 0 fully saturated rings. The molecule has 154 valence electrons. The van der Waals surface area contributed by atoms with Crippen LogP contribution in [0.5, 0.6) is 0 Å². The minimum Gasteiger partial charge on any atom is -0.543 e. The van der Waals surface area contributed by atoms with Gasteiger partial charge in [-0.05, 0) is 0 Å². The molecule has 0 bridgehead atoms. The van der Waals surface area contributed by atoms with E-state index >= 15 is 0 Å². The van der Waals surface area contributed by atoms with Crippen LogP contribution < -0.4 is 40.4 Å². The number of hydrogen-bond acceptors (Lipinski definition) is 8. The number of oxime groups is 1. The van der Waals surface area contributed by atoms with Crippen molar-refractivity contribution in [1.29, 1.82) is 0 Å². The molecule has 0 aliphatic carbocycles. The van der Waals surface area contributed by atoms with Gasteiger partial charge < -0.3 is 20.5 Å². The molecule has 4 aromatic rings. The van der Waals surface area contributed by atoms with Crippen LogP contribution in [0.15, 0.2) is 96.2 Å². The van der Waals surface area contributed by atoms with E-state index in [0.717, 1.165) is 28.2 Å². The van der Waals surface area contributed by atoms with Crippen LogP contribution in [0.4, 0.5) is 5.13 Å². The maximum Gasteiger partial charge on any atom is 1.00 e. The van der Waals surface area contributed by atoms with Crippen molar-refractivity contribution in [3.63, 3.8) is 0 Å². The number of carboxylic acid groups (broad SMARTS) is 1. The summed E-state index contributed by atoms with van der Waals surface area (Å²) in [6.07, 6.45) is 0. The van der Waals surface area contributed by atoms with E-state index in [1.807, 2.05) is 91.0 Å². The Morgan fingerprint density at radius 3 is 1.66 bits per heavy atom. The fraction of sp³-hybridized carbons (Fsp3) is 0.0435. The molecule has 0 aliphatic rings. The molecule has 1 aromatic heterocycles. The number of aliphatic carboxylic acids is 1. The fourth-order valence-electron chi connectivity index (χ4n) is 3.29. The molecule has 0 amide bonds. The quantitative estimate of drug-likeness (QED) is 0.177. The molecule has 7 nitrogen and oxygen atoms in total. The van der Waals surface area contributed by atoms with Gasteiger partial charge in [0, 0.05) is 28.2 Å². The van der Waals surface area contributed by atoms with E-state index in [1.54, 1.807) is 0 Å². The molecule has 0 atom stereocenters. The normalized spacial score (nSPS) is 11.4. The van der Waals surface area contributed by atoms with Gasteiger partial charge in [0.15, 0.2) is 16.7 Å². The predicted octanol–water partition coefficient (Wildman–Crippen LogP) is -0.413. The number of nitrogens with zero attached hydrogens (tertiary/aromatic N) is 3. The molecule has 0 unspecified atom stereocenters. The van der Waals surface area contributed by atoms with Crippen molar-refractivity contribution < 1.29 is 44.3 Å². The fourth-order valence-corrected chi connectivity index (χ4v) is 3.73. The standard InChI is InChI=1S/C23H18N4O3S.Na/c24-22-25-20(27-31-22)19(21(28)29)26-30-23(16-10-4-1-5-11-16,17-12-6-2-7-13-17)18-14-8-3-9-15-18;/h1-15H,(H,28,29)(H2,24,25,27);/q;+1/p-1/b26-19-;. The number of benzene rings is 3. The van der Waals surface area contributed by atoms with E-state index in [4.69, 9.17) is 10.6 Å². The zero-order valence-corrected chi connectivity index (χ0v) is 20.0. The number of rotatable bonds is 7. The van der Waals surface area contributed by atoms with Gasteiger partial charge in [-0.2, -0.15) is 9.36 Å². The van der Waals surface area contributed by atoms with Crippen LogP contribution in [0.1, 0.15) is 22.5 Å². The largest absolute Gasteiger partial charge is 1.00 e. The van der Waals surface area contributed by atoms with E-state index in [0.29, 0.717) is 0 Å². The molecule has 4 rings (SSSR count). The van der Waals surface area contributed by atoms with Gasteiger partial charge in [0.1, 0.15) is 0 Å². The third-order valence-electron chi connectivity index (χ3n) is 4.66. The average Bonchev–Trinajstić information content (AvgIpc) is 3.24. The number of carbonyl (C=O) groups excluding carboxylic acids is 1. The van der Waals surface area contributed by atoms with Crippen LogP contribution in [-0.4, -0.2) is 21.0 Å². The Bertz CT molecular complexity index is 1110. The van der Waals surface area contributed by atoms with Gasteiger partial charge in [-0.25, -0.2) is 0 Å². The van der Waals surface area contributed by atoms with Gasteiger partial charge in [-0.15, -0.1) is 0 Å². The zero-order chi connectivity index (χ0) is 21.7. The van der Waals surface area contributed by atoms with E-state index in [9.17, 15) is 9.90 Å². The molecular weight excluding hydrogens is 435 g/mol. The summed E-state index contributed by atoms with van der Waals surface area (Å²) in [6, 6.07) is 28.3. The summed E-state index contributed by atoms with van der Waals surface area (Å²) in [5.74, 6) is -1.73. The van der Waals surface area contributed by atoms with Crippen molar-refractivity contribution in [2.75, 3.05) is 5.73 Å². The number of hydrogen-bond donors (Lipinski definition) is 1. The van der Waals surface area contributed by atoms with Crippen molar-refractivity contribution >= 4 is 28.3 Å². The molecule has 0 radical (unpaired) electrons. The Morgan fingerprint density at radius 2 is 1.31 bits per heavy atom. The average molecular weight is 452 g/mol. The Balaban J connectivity index is 0.00000289. The van der Waals surface area contributed by atoms with Gasteiger partial charge in [0.2, 0.25) is 5.60 Å². The number of nitrogens with two attached hydrogens (primary N) is 1. The SMILES string of the molecule is Nc1nc(/C(=N/OC(c2ccccc2)(c2ccccc2)c2ccccc2)C(=O)[O-])ns1.[Na+]. The van der Waals surface area contributed by atoms with Crippen molar-refractivity contribution in [2.24, 2.45) is 5.16 Å². The van der Waals surface area contributed by atoms with Gasteiger partial charge in [0.05, 0.1) is 5.97 Å². The summed E-state index contributed by atoms with van der Waals surface area (Å²) in [5, 5.41) is 15.9. The summed E-state index contributed by atoms with van der Waals surface area (Å²) in [6.45, 7) is 0.